The molecule has 0 saturated heterocycles. The highest BCUT2D eigenvalue weighted by atomic mass is 32.2. The Hall–Kier alpha value is -1.70. The fraction of sp³-hybridized carbons (Fsp3) is 0.214. The van der Waals surface area contributed by atoms with Crippen LogP contribution < -0.4 is 10.0 Å². The number of carbonyl (C=O) groups excluding carboxylic acids is 1. The van der Waals surface area contributed by atoms with Crippen molar-refractivity contribution in [2.75, 3.05) is 5.32 Å². The van der Waals surface area contributed by atoms with Crippen molar-refractivity contribution in [3.05, 3.63) is 46.7 Å². The highest BCUT2D eigenvalue weighted by Crippen LogP contribution is 2.27. The minimum Gasteiger partial charge on any atom is -0.321 e. The molecule has 1 fully saturated rings. The van der Waals surface area contributed by atoms with E-state index in [0.29, 0.717) is 5.69 Å². The first-order valence-electron chi connectivity index (χ1n) is 6.52. The lowest BCUT2D eigenvalue weighted by molar-refractivity contribution is 0.102. The van der Waals surface area contributed by atoms with E-state index in [9.17, 15) is 13.2 Å². The standard InChI is InChI=1S/C14H14N2O3S2/c17-14(15-10-4-2-1-3-5-10)13-12(8-9-20-13)21(18,19)16-11-6-7-11/h1-5,8-9,11,16H,6-7H2,(H,15,17). The van der Waals surface area contributed by atoms with Crippen molar-refractivity contribution < 1.29 is 13.2 Å². The molecule has 21 heavy (non-hydrogen) atoms. The van der Waals surface area contributed by atoms with Gasteiger partial charge in [0.15, 0.2) is 0 Å². The number of hydrogen-bond donors (Lipinski definition) is 2. The molecule has 0 spiro atoms. The SMILES string of the molecule is O=C(Nc1ccccc1)c1sccc1S(=O)(=O)NC1CC1. The number of anilines is 1. The van der Waals surface area contributed by atoms with Gasteiger partial charge < -0.3 is 5.32 Å². The maximum Gasteiger partial charge on any atom is 0.267 e. The van der Waals surface area contributed by atoms with Crippen LogP contribution in [-0.2, 0) is 10.0 Å². The molecule has 2 N–H and O–H groups in total. The van der Waals surface area contributed by atoms with Crippen LogP contribution in [0.25, 0.3) is 0 Å². The van der Waals surface area contributed by atoms with Crippen LogP contribution in [0.4, 0.5) is 5.69 Å². The maximum atomic E-state index is 12.3. The second-order valence-corrected chi connectivity index (χ2v) is 7.43. The van der Waals surface area contributed by atoms with Crippen LogP contribution in [0.2, 0.25) is 0 Å². The molecular formula is C14H14N2O3S2. The topological polar surface area (TPSA) is 75.3 Å². The van der Waals surface area contributed by atoms with E-state index in [4.69, 9.17) is 0 Å². The lowest BCUT2D eigenvalue weighted by Crippen LogP contribution is -2.27. The Morgan fingerprint density at radius 1 is 1.14 bits per heavy atom. The molecule has 0 atom stereocenters. The summed E-state index contributed by atoms with van der Waals surface area (Å²) in [5.74, 6) is -0.410. The Labute approximate surface area is 127 Å². The summed E-state index contributed by atoms with van der Waals surface area (Å²) < 4.78 is 27.1. The molecule has 5 nitrogen and oxygen atoms in total. The highest BCUT2D eigenvalue weighted by molar-refractivity contribution is 7.89. The molecule has 1 aromatic heterocycles. The molecule has 3 rings (SSSR count). The predicted octanol–water partition coefficient (Wildman–Crippen LogP) is 2.44. The Bertz CT molecular complexity index is 750. The fourth-order valence-electron chi connectivity index (χ4n) is 1.87. The second-order valence-electron chi connectivity index (χ2n) is 4.83. The molecule has 0 bridgehead atoms. The van der Waals surface area contributed by atoms with Crippen molar-refractivity contribution in [3.63, 3.8) is 0 Å². The molecule has 7 heteroatoms. The third-order valence-electron chi connectivity index (χ3n) is 3.06. The highest BCUT2D eigenvalue weighted by Gasteiger charge is 2.31. The number of hydrogen-bond acceptors (Lipinski definition) is 4. The van der Waals surface area contributed by atoms with Gasteiger partial charge in [-0.3, -0.25) is 4.79 Å². The first kappa shape index (κ1) is 14.2. The minimum absolute atomic E-state index is 0.0138. The third-order valence-corrected chi connectivity index (χ3v) is 5.66. The summed E-state index contributed by atoms with van der Waals surface area (Å²) in [7, 11) is -3.62. The summed E-state index contributed by atoms with van der Waals surface area (Å²) >= 11 is 1.12. The van der Waals surface area contributed by atoms with Gasteiger partial charge in [0, 0.05) is 11.7 Å². The average molecular weight is 322 g/mol. The molecule has 110 valence electrons. The van der Waals surface area contributed by atoms with Gasteiger partial charge in [-0.15, -0.1) is 11.3 Å². The normalized spacial score (nSPS) is 14.9. The average Bonchev–Trinajstić information content (AvgIpc) is 3.09. The monoisotopic (exact) mass is 322 g/mol. The first-order valence-corrected chi connectivity index (χ1v) is 8.89. The number of sulfonamides is 1. The predicted molar refractivity (Wildman–Crippen MR) is 82.1 cm³/mol. The molecule has 1 saturated carbocycles. The molecule has 0 unspecified atom stereocenters. The van der Waals surface area contributed by atoms with Crippen molar-refractivity contribution in [1.29, 1.82) is 0 Å². The Kier molecular flexibility index (Phi) is 3.79. The van der Waals surface area contributed by atoms with E-state index in [1.165, 1.54) is 6.07 Å². The van der Waals surface area contributed by atoms with Gasteiger partial charge in [-0.1, -0.05) is 18.2 Å². The Morgan fingerprint density at radius 2 is 1.86 bits per heavy atom. The first-order chi connectivity index (χ1) is 10.1. The van der Waals surface area contributed by atoms with Gasteiger partial charge in [-0.05, 0) is 36.4 Å². The number of rotatable bonds is 5. The third kappa shape index (κ3) is 3.31. The zero-order valence-electron chi connectivity index (χ0n) is 11.1. The van der Waals surface area contributed by atoms with Crippen molar-refractivity contribution in [3.8, 4) is 0 Å². The van der Waals surface area contributed by atoms with E-state index in [1.807, 2.05) is 6.07 Å². The van der Waals surface area contributed by atoms with Crippen LogP contribution >= 0.6 is 11.3 Å². The maximum absolute atomic E-state index is 12.3. The zero-order valence-corrected chi connectivity index (χ0v) is 12.7. The van der Waals surface area contributed by atoms with Crippen LogP contribution in [0.15, 0.2) is 46.7 Å². The molecule has 1 amide bonds. The van der Waals surface area contributed by atoms with Gasteiger partial charge in [-0.25, -0.2) is 13.1 Å². The van der Waals surface area contributed by atoms with Gasteiger partial charge in [0.25, 0.3) is 5.91 Å². The van der Waals surface area contributed by atoms with E-state index in [2.05, 4.69) is 10.0 Å². The van der Waals surface area contributed by atoms with E-state index < -0.39 is 15.9 Å². The lowest BCUT2D eigenvalue weighted by Gasteiger charge is -2.07. The molecule has 1 aromatic carbocycles. The van der Waals surface area contributed by atoms with E-state index in [-0.39, 0.29) is 15.8 Å². The quantitative estimate of drug-likeness (QED) is 0.888. The number of thiophene rings is 1. The zero-order chi connectivity index (χ0) is 14.9. The van der Waals surface area contributed by atoms with Gasteiger partial charge >= 0.3 is 0 Å². The largest absolute Gasteiger partial charge is 0.321 e. The summed E-state index contributed by atoms with van der Waals surface area (Å²) in [6.07, 6.45) is 1.71. The number of carbonyl (C=O) groups is 1. The van der Waals surface area contributed by atoms with Crippen molar-refractivity contribution in [2.24, 2.45) is 0 Å². The van der Waals surface area contributed by atoms with Gasteiger partial charge in [-0.2, -0.15) is 0 Å². The second kappa shape index (κ2) is 5.59. The van der Waals surface area contributed by atoms with Gasteiger partial charge in [0.05, 0.1) is 0 Å². The molecule has 0 radical (unpaired) electrons. The number of amides is 1. The Balaban J connectivity index is 1.83. The molecule has 0 aliphatic heterocycles. The van der Waals surface area contributed by atoms with Gasteiger partial charge in [0.1, 0.15) is 9.77 Å². The lowest BCUT2D eigenvalue weighted by atomic mass is 10.3. The molecule has 1 heterocycles. The smallest absolute Gasteiger partial charge is 0.267 e. The van der Waals surface area contributed by atoms with Gasteiger partial charge in [0.2, 0.25) is 10.0 Å². The molecule has 1 aliphatic rings. The minimum atomic E-state index is -3.62. The van der Waals surface area contributed by atoms with Crippen LogP contribution in [0.1, 0.15) is 22.5 Å². The molecule has 1 aliphatic carbocycles. The van der Waals surface area contributed by atoms with E-state index in [0.717, 1.165) is 24.2 Å². The fourth-order valence-corrected chi connectivity index (χ4v) is 4.50. The van der Waals surface area contributed by atoms with Crippen LogP contribution in [-0.4, -0.2) is 20.4 Å². The van der Waals surface area contributed by atoms with E-state index in [1.54, 1.807) is 29.6 Å². The Morgan fingerprint density at radius 3 is 2.52 bits per heavy atom. The van der Waals surface area contributed by atoms with E-state index >= 15 is 0 Å². The van der Waals surface area contributed by atoms with Crippen molar-refractivity contribution >= 4 is 33.0 Å². The van der Waals surface area contributed by atoms with Crippen LogP contribution in [0.5, 0.6) is 0 Å². The van der Waals surface area contributed by atoms with Crippen molar-refractivity contribution in [1.82, 2.24) is 4.72 Å². The van der Waals surface area contributed by atoms with Crippen LogP contribution in [0, 0.1) is 0 Å². The number of benzene rings is 1. The summed E-state index contributed by atoms with van der Waals surface area (Å²) in [6.45, 7) is 0. The molecule has 2 aromatic rings. The number of para-hydroxylation sites is 1. The van der Waals surface area contributed by atoms with Crippen LogP contribution in [0.3, 0.4) is 0 Å². The molecular weight excluding hydrogens is 308 g/mol. The number of nitrogens with one attached hydrogen (secondary N) is 2. The summed E-state index contributed by atoms with van der Waals surface area (Å²) in [4.78, 5) is 12.5. The summed E-state index contributed by atoms with van der Waals surface area (Å²) in [6, 6.07) is 10.4. The van der Waals surface area contributed by atoms with Crippen molar-refractivity contribution in [2.45, 2.75) is 23.8 Å². The summed E-state index contributed by atoms with van der Waals surface area (Å²) in [5, 5.41) is 4.32. The summed E-state index contributed by atoms with van der Waals surface area (Å²) in [5.41, 5.74) is 0.634.